The van der Waals surface area contributed by atoms with E-state index in [4.69, 9.17) is 4.42 Å². The molecule has 54 heavy (non-hydrogen) atoms. The highest BCUT2D eigenvalue weighted by Gasteiger charge is 2.19. The second-order valence-corrected chi connectivity index (χ2v) is 15.5. The van der Waals surface area contributed by atoms with Gasteiger partial charge in [0.25, 0.3) is 0 Å². The predicted molar refractivity (Wildman–Crippen MR) is 233 cm³/mol. The number of benzene rings is 10. The third-order valence-corrected chi connectivity index (χ3v) is 12.5. The van der Waals surface area contributed by atoms with Gasteiger partial charge in [0.05, 0.1) is 0 Å². The highest BCUT2D eigenvalue weighted by atomic mass is 32.1. The second kappa shape index (κ2) is 11.4. The van der Waals surface area contributed by atoms with Crippen molar-refractivity contribution in [1.82, 2.24) is 0 Å². The van der Waals surface area contributed by atoms with Gasteiger partial charge in [-0.25, -0.2) is 0 Å². The normalized spacial score (nSPS) is 12.1. The molecule has 12 rings (SSSR count). The highest BCUT2D eigenvalue weighted by molar-refractivity contribution is 7.26. The molecule has 0 spiro atoms. The summed E-state index contributed by atoms with van der Waals surface area (Å²) < 4.78 is 8.98. The Kier molecular flexibility index (Phi) is 6.28. The van der Waals surface area contributed by atoms with Crippen LogP contribution in [0, 0.1) is 0 Å². The van der Waals surface area contributed by atoms with Crippen LogP contribution < -0.4 is 0 Å². The van der Waals surface area contributed by atoms with Gasteiger partial charge in [0, 0.05) is 30.9 Å². The molecular formula is C52H30OS. The van der Waals surface area contributed by atoms with Crippen molar-refractivity contribution >= 4 is 96.5 Å². The Balaban J connectivity index is 1.04. The molecule has 0 unspecified atom stereocenters. The number of thiophene rings is 1. The molecule has 0 saturated heterocycles. The molecule has 0 atom stereocenters. The summed E-state index contributed by atoms with van der Waals surface area (Å²) in [4.78, 5) is 0. The lowest BCUT2D eigenvalue weighted by atomic mass is 9.85. The van der Waals surface area contributed by atoms with Crippen molar-refractivity contribution in [2.24, 2.45) is 0 Å². The summed E-state index contributed by atoms with van der Waals surface area (Å²) in [7, 11) is 0. The molecule has 2 aromatic heterocycles. The molecule has 10 aromatic carbocycles. The van der Waals surface area contributed by atoms with Gasteiger partial charge in [-0.05, 0) is 113 Å². The van der Waals surface area contributed by atoms with Gasteiger partial charge in [0.1, 0.15) is 11.2 Å². The topological polar surface area (TPSA) is 13.1 Å². The van der Waals surface area contributed by atoms with Gasteiger partial charge >= 0.3 is 0 Å². The molecule has 0 N–H and O–H groups in total. The summed E-state index contributed by atoms with van der Waals surface area (Å²) >= 11 is 1.85. The number of hydrogen-bond acceptors (Lipinski definition) is 2. The molecule has 0 radical (unpaired) electrons. The Bertz CT molecular complexity index is 3440. The minimum absolute atomic E-state index is 0.941. The lowest BCUT2D eigenvalue weighted by Gasteiger charge is -2.18. The van der Waals surface area contributed by atoms with Crippen LogP contribution in [-0.4, -0.2) is 0 Å². The SMILES string of the molecule is c1ccc(-c2ccc3cc(-c4c5ccccc5c(-c5ccc6c(c5)sc5cc7oc8ccc9ccccc9c8c7cc56)c5ccccc45)ccc3c2)cc1. The zero-order chi connectivity index (χ0) is 35.3. The molecule has 2 heteroatoms. The largest absolute Gasteiger partial charge is 0.456 e. The zero-order valence-corrected chi connectivity index (χ0v) is 30.0. The van der Waals surface area contributed by atoms with Crippen LogP contribution in [0.1, 0.15) is 0 Å². The minimum atomic E-state index is 0.941. The Morgan fingerprint density at radius 3 is 1.57 bits per heavy atom. The molecule has 0 aliphatic carbocycles. The van der Waals surface area contributed by atoms with E-state index in [1.807, 2.05) is 11.3 Å². The quantitative estimate of drug-likeness (QED) is 0.167. The lowest BCUT2D eigenvalue weighted by molar-refractivity contribution is 0.670. The van der Waals surface area contributed by atoms with Crippen molar-refractivity contribution in [3.05, 3.63) is 182 Å². The van der Waals surface area contributed by atoms with Gasteiger partial charge in [0.15, 0.2) is 0 Å². The third-order valence-electron chi connectivity index (χ3n) is 11.4. The van der Waals surface area contributed by atoms with Crippen molar-refractivity contribution in [3.8, 4) is 33.4 Å². The van der Waals surface area contributed by atoms with Gasteiger partial charge in [-0.1, -0.05) is 146 Å². The molecule has 0 amide bonds. The van der Waals surface area contributed by atoms with Gasteiger partial charge in [-0.15, -0.1) is 11.3 Å². The molecule has 0 aliphatic heterocycles. The van der Waals surface area contributed by atoms with E-state index in [1.54, 1.807) is 0 Å². The Morgan fingerprint density at radius 1 is 0.296 bits per heavy atom. The summed E-state index contributed by atoms with van der Waals surface area (Å²) in [5, 5.41) is 15.0. The van der Waals surface area contributed by atoms with Crippen molar-refractivity contribution in [2.45, 2.75) is 0 Å². The predicted octanol–water partition coefficient (Wildman–Crippen LogP) is 15.6. The van der Waals surface area contributed by atoms with E-state index in [9.17, 15) is 0 Å². The number of rotatable bonds is 3. The maximum Gasteiger partial charge on any atom is 0.136 e. The van der Waals surface area contributed by atoms with E-state index in [1.165, 1.54) is 107 Å². The minimum Gasteiger partial charge on any atom is -0.456 e. The van der Waals surface area contributed by atoms with Crippen LogP contribution in [-0.2, 0) is 0 Å². The van der Waals surface area contributed by atoms with Crippen molar-refractivity contribution in [2.75, 3.05) is 0 Å². The van der Waals surface area contributed by atoms with Crippen LogP contribution in [0.2, 0.25) is 0 Å². The molecule has 1 nitrogen and oxygen atoms in total. The summed E-state index contributed by atoms with van der Waals surface area (Å²) in [5.74, 6) is 0. The number of furan rings is 1. The fraction of sp³-hybridized carbons (Fsp3) is 0. The zero-order valence-electron chi connectivity index (χ0n) is 29.1. The molecule has 2 heterocycles. The van der Waals surface area contributed by atoms with Crippen molar-refractivity contribution < 1.29 is 4.42 Å². The molecule has 0 fully saturated rings. The van der Waals surface area contributed by atoms with E-state index in [0.717, 1.165) is 11.2 Å². The number of hydrogen-bond donors (Lipinski definition) is 0. The first kappa shape index (κ1) is 29.8. The highest BCUT2D eigenvalue weighted by Crippen LogP contribution is 2.47. The first-order valence-corrected chi connectivity index (χ1v) is 19.3. The Hall–Kier alpha value is -6.74. The van der Waals surface area contributed by atoms with Crippen LogP contribution in [0.25, 0.3) is 119 Å². The second-order valence-electron chi connectivity index (χ2n) is 14.4. The van der Waals surface area contributed by atoms with E-state index < -0.39 is 0 Å². The molecule has 12 aromatic rings. The third kappa shape index (κ3) is 4.38. The summed E-state index contributed by atoms with van der Waals surface area (Å²) in [6, 6.07) is 66.8. The molecule has 0 bridgehead atoms. The summed E-state index contributed by atoms with van der Waals surface area (Å²) in [5.41, 5.74) is 9.39. The van der Waals surface area contributed by atoms with E-state index >= 15 is 0 Å². The maximum atomic E-state index is 6.46. The maximum absolute atomic E-state index is 6.46. The van der Waals surface area contributed by atoms with E-state index in [2.05, 4.69) is 182 Å². The van der Waals surface area contributed by atoms with Crippen molar-refractivity contribution in [1.29, 1.82) is 0 Å². The van der Waals surface area contributed by atoms with Gasteiger partial charge in [-0.3, -0.25) is 0 Å². The average molecular weight is 703 g/mol. The van der Waals surface area contributed by atoms with Crippen LogP contribution in [0.4, 0.5) is 0 Å². The van der Waals surface area contributed by atoms with E-state index in [0.29, 0.717) is 0 Å². The summed E-state index contributed by atoms with van der Waals surface area (Å²) in [6.45, 7) is 0. The van der Waals surface area contributed by atoms with E-state index in [-0.39, 0.29) is 0 Å². The standard InChI is InChI=1S/C52H30OS/c1-2-10-31(11-3-1)33-18-19-35-27-36(21-20-34(35)26-33)50-40-14-6-8-16-42(40)51(43-17-9-7-15-41(43)50)37-22-24-39-44-29-45-47(30-49(44)54-48(39)28-37)53-46-25-23-32-12-4-5-13-38(32)52(45)46/h1-30H. The molecular weight excluding hydrogens is 673 g/mol. The fourth-order valence-corrected chi connectivity index (χ4v) is 10.1. The molecule has 250 valence electrons. The summed E-state index contributed by atoms with van der Waals surface area (Å²) in [6.07, 6.45) is 0. The van der Waals surface area contributed by atoms with Crippen LogP contribution in [0.3, 0.4) is 0 Å². The fourth-order valence-electron chi connectivity index (χ4n) is 8.93. The van der Waals surface area contributed by atoms with Crippen molar-refractivity contribution in [3.63, 3.8) is 0 Å². The molecule has 0 aliphatic rings. The van der Waals surface area contributed by atoms with Gasteiger partial charge < -0.3 is 4.42 Å². The van der Waals surface area contributed by atoms with Crippen LogP contribution >= 0.6 is 11.3 Å². The monoisotopic (exact) mass is 702 g/mol. The van der Waals surface area contributed by atoms with Gasteiger partial charge in [-0.2, -0.15) is 0 Å². The number of fused-ring (bicyclic) bond motifs is 11. The van der Waals surface area contributed by atoms with Crippen LogP contribution in [0.5, 0.6) is 0 Å². The Morgan fingerprint density at radius 2 is 0.852 bits per heavy atom. The average Bonchev–Trinajstić information content (AvgIpc) is 3.78. The van der Waals surface area contributed by atoms with Crippen LogP contribution in [0.15, 0.2) is 186 Å². The first-order valence-electron chi connectivity index (χ1n) is 18.5. The van der Waals surface area contributed by atoms with Gasteiger partial charge in [0.2, 0.25) is 0 Å². The smallest absolute Gasteiger partial charge is 0.136 e. The Labute approximate surface area is 314 Å². The first-order chi connectivity index (χ1) is 26.7. The molecule has 0 saturated carbocycles. The lowest BCUT2D eigenvalue weighted by Crippen LogP contribution is -1.91.